The third kappa shape index (κ3) is 2.27. The normalized spacial score (nSPS) is 29.3. The number of ether oxygens (including phenoxy) is 3. The number of esters is 1. The number of hydrogen-bond donors (Lipinski definition) is 0. The first-order valence-electron chi connectivity index (χ1n) is 4.92. The molecule has 86 valence electrons. The van der Waals surface area contributed by atoms with Crippen LogP contribution >= 0.6 is 23.5 Å². The fraction of sp³-hybridized carbons (Fsp3) is 0.889. The Morgan fingerprint density at radius 2 is 2.27 bits per heavy atom. The molecule has 1 atom stereocenters. The number of rotatable bonds is 2. The van der Waals surface area contributed by atoms with Gasteiger partial charge in [0.25, 0.3) is 0 Å². The van der Waals surface area contributed by atoms with Gasteiger partial charge in [-0.2, -0.15) is 0 Å². The molecule has 0 amide bonds. The van der Waals surface area contributed by atoms with E-state index in [0.29, 0.717) is 25.6 Å². The predicted molar refractivity (Wildman–Crippen MR) is 60.0 cm³/mol. The van der Waals surface area contributed by atoms with Crippen molar-refractivity contribution in [3.05, 3.63) is 0 Å². The van der Waals surface area contributed by atoms with Crippen LogP contribution in [0.15, 0.2) is 0 Å². The average Bonchev–Trinajstić information content (AvgIpc) is 2.68. The predicted octanol–water partition coefficient (Wildman–Crippen LogP) is 1.10. The van der Waals surface area contributed by atoms with Gasteiger partial charge in [-0.1, -0.05) is 0 Å². The molecule has 6 heteroatoms. The van der Waals surface area contributed by atoms with Crippen molar-refractivity contribution in [1.29, 1.82) is 0 Å². The maximum Gasteiger partial charge on any atom is 0.324 e. The zero-order valence-electron chi connectivity index (χ0n) is 8.56. The maximum absolute atomic E-state index is 11.7. The van der Waals surface area contributed by atoms with Crippen LogP contribution in [0.3, 0.4) is 0 Å². The van der Waals surface area contributed by atoms with Crippen LogP contribution in [-0.4, -0.2) is 47.7 Å². The molecule has 2 aliphatic heterocycles. The smallest absolute Gasteiger partial charge is 0.324 e. The van der Waals surface area contributed by atoms with E-state index in [-0.39, 0.29) is 11.2 Å². The summed E-state index contributed by atoms with van der Waals surface area (Å²) in [6, 6.07) is 0. The molecule has 0 aliphatic carbocycles. The molecule has 1 spiro atoms. The molecule has 2 aliphatic rings. The van der Waals surface area contributed by atoms with Crippen LogP contribution in [0.25, 0.3) is 0 Å². The average molecular weight is 250 g/mol. The van der Waals surface area contributed by atoms with Crippen LogP contribution in [-0.2, 0) is 19.0 Å². The van der Waals surface area contributed by atoms with Gasteiger partial charge in [-0.3, -0.25) is 4.79 Å². The quantitative estimate of drug-likeness (QED) is 0.684. The van der Waals surface area contributed by atoms with Crippen molar-refractivity contribution in [2.45, 2.75) is 18.0 Å². The molecule has 15 heavy (non-hydrogen) atoms. The van der Waals surface area contributed by atoms with Gasteiger partial charge in [-0.05, 0) is 6.92 Å². The van der Waals surface area contributed by atoms with Crippen molar-refractivity contribution in [3.8, 4) is 0 Å². The van der Waals surface area contributed by atoms with Gasteiger partial charge in [0.1, 0.15) is 0 Å². The van der Waals surface area contributed by atoms with Crippen molar-refractivity contribution in [2.75, 3.05) is 30.7 Å². The summed E-state index contributed by atoms with van der Waals surface area (Å²) in [5.74, 6) is -0.242. The van der Waals surface area contributed by atoms with Crippen molar-refractivity contribution in [1.82, 2.24) is 0 Å². The number of carbonyl (C=O) groups excluding carboxylic acids is 1. The summed E-state index contributed by atoms with van der Waals surface area (Å²) in [5, 5.41) is 0.555. The van der Waals surface area contributed by atoms with Crippen LogP contribution < -0.4 is 0 Å². The summed E-state index contributed by atoms with van der Waals surface area (Å²) < 4.78 is 16.2. The Bertz CT molecular complexity index is 240. The largest absolute Gasteiger partial charge is 0.465 e. The van der Waals surface area contributed by atoms with Gasteiger partial charge in [0.05, 0.1) is 25.6 Å². The van der Waals surface area contributed by atoms with Gasteiger partial charge in [0.2, 0.25) is 0 Å². The van der Waals surface area contributed by atoms with Crippen molar-refractivity contribution in [3.63, 3.8) is 0 Å². The second kappa shape index (κ2) is 4.95. The molecule has 0 aromatic rings. The standard InChI is InChI=1S/C9H14O4S2/c1-2-11-8(10)7-9(5-14-6-15-7)12-3-4-13-9/h7H,2-6H2,1H3. The lowest BCUT2D eigenvalue weighted by Crippen LogP contribution is -2.51. The molecule has 0 aromatic heterocycles. The molecule has 0 N–H and O–H groups in total. The highest BCUT2D eigenvalue weighted by atomic mass is 32.2. The highest BCUT2D eigenvalue weighted by molar-refractivity contribution is 8.17. The molecule has 0 aromatic carbocycles. The number of thioether (sulfide) groups is 2. The highest BCUT2D eigenvalue weighted by Crippen LogP contribution is 2.41. The molecule has 4 nitrogen and oxygen atoms in total. The summed E-state index contributed by atoms with van der Waals surface area (Å²) >= 11 is 3.28. The molecule has 2 fully saturated rings. The van der Waals surface area contributed by atoms with Crippen molar-refractivity contribution >= 4 is 29.5 Å². The fourth-order valence-corrected chi connectivity index (χ4v) is 4.34. The molecule has 0 bridgehead atoms. The Balaban J connectivity index is 2.08. The summed E-state index contributed by atoms with van der Waals surface area (Å²) in [7, 11) is 0. The zero-order valence-corrected chi connectivity index (χ0v) is 10.2. The highest BCUT2D eigenvalue weighted by Gasteiger charge is 2.51. The summed E-state index contributed by atoms with van der Waals surface area (Å²) in [6.45, 7) is 3.34. The lowest BCUT2D eigenvalue weighted by Gasteiger charge is -2.36. The Hall–Kier alpha value is 0.0900. The minimum absolute atomic E-state index is 0.218. The van der Waals surface area contributed by atoms with E-state index in [1.807, 2.05) is 6.92 Å². The molecule has 1 unspecified atom stereocenters. The van der Waals surface area contributed by atoms with E-state index in [2.05, 4.69) is 0 Å². The van der Waals surface area contributed by atoms with E-state index in [1.54, 1.807) is 23.5 Å². The van der Waals surface area contributed by atoms with Gasteiger partial charge < -0.3 is 14.2 Å². The van der Waals surface area contributed by atoms with Crippen LogP contribution in [0, 0.1) is 0 Å². The van der Waals surface area contributed by atoms with Gasteiger partial charge in [0, 0.05) is 5.08 Å². The molecule has 2 heterocycles. The molecule has 0 saturated carbocycles. The number of carbonyl (C=O) groups is 1. The van der Waals surface area contributed by atoms with Crippen LogP contribution in [0.1, 0.15) is 6.92 Å². The molecular weight excluding hydrogens is 236 g/mol. The molecule has 2 saturated heterocycles. The van der Waals surface area contributed by atoms with Gasteiger partial charge in [-0.15, -0.1) is 23.5 Å². The second-order valence-corrected chi connectivity index (χ2v) is 5.72. The van der Waals surface area contributed by atoms with E-state index >= 15 is 0 Å². The van der Waals surface area contributed by atoms with Gasteiger partial charge >= 0.3 is 5.97 Å². The lowest BCUT2D eigenvalue weighted by molar-refractivity contribution is -0.169. The van der Waals surface area contributed by atoms with E-state index in [4.69, 9.17) is 14.2 Å². The van der Waals surface area contributed by atoms with E-state index < -0.39 is 5.79 Å². The zero-order chi connectivity index (χ0) is 10.7. The molecule has 2 rings (SSSR count). The summed E-state index contributed by atoms with van der Waals surface area (Å²) in [5.41, 5.74) is 0. The lowest BCUT2D eigenvalue weighted by atomic mass is 10.2. The Morgan fingerprint density at radius 3 is 2.93 bits per heavy atom. The van der Waals surface area contributed by atoms with Crippen LogP contribution in [0.5, 0.6) is 0 Å². The van der Waals surface area contributed by atoms with Crippen molar-refractivity contribution in [2.24, 2.45) is 0 Å². The van der Waals surface area contributed by atoms with E-state index in [0.717, 1.165) is 5.08 Å². The van der Waals surface area contributed by atoms with Gasteiger partial charge in [-0.25, -0.2) is 0 Å². The topological polar surface area (TPSA) is 44.8 Å². The Kier molecular flexibility index (Phi) is 3.82. The minimum atomic E-state index is -0.736. The Labute approximate surface area is 97.4 Å². The van der Waals surface area contributed by atoms with E-state index in [9.17, 15) is 4.79 Å². The first-order chi connectivity index (χ1) is 7.28. The van der Waals surface area contributed by atoms with Crippen LogP contribution in [0.4, 0.5) is 0 Å². The molecule has 0 radical (unpaired) electrons. The monoisotopic (exact) mass is 250 g/mol. The minimum Gasteiger partial charge on any atom is -0.465 e. The van der Waals surface area contributed by atoms with Gasteiger partial charge in [0.15, 0.2) is 11.0 Å². The summed E-state index contributed by atoms with van der Waals surface area (Å²) in [4.78, 5) is 11.7. The Morgan fingerprint density at radius 1 is 1.53 bits per heavy atom. The number of hydrogen-bond acceptors (Lipinski definition) is 6. The maximum atomic E-state index is 11.7. The SMILES string of the molecule is CCOC(=O)C1SCSCC12OCCO2. The molecular formula is C9H14O4S2. The third-order valence-corrected chi connectivity index (χ3v) is 5.00. The summed E-state index contributed by atoms with van der Waals surface area (Å²) in [6.07, 6.45) is 0. The van der Waals surface area contributed by atoms with Crippen LogP contribution in [0.2, 0.25) is 0 Å². The first kappa shape index (κ1) is 11.6. The fourth-order valence-electron chi connectivity index (χ4n) is 1.67. The van der Waals surface area contributed by atoms with Crippen molar-refractivity contribution < 1.29 is 19.0 Å². The second-order valence-electron chi connectivity index (χ2n) is 3.27. The van der Waals surface area contributed by atoms with E-state index in [1.165, 1.54) is 0 Å². The first-order valence-corrected chi connectivity index (χ1v) is 7.13. The third-order valence-electron chi connectivity index (χ3n) is 2.30.